The average Bonchev–Trinajstić information content (AvgIpc) is 3.31. The number of hydrogen-bond donors (Lipinski definition) is 1. The number of nitrogens with zero attached hydrogens (tertiary/aromatic N) is 5. The van der Waals surface area contributed by atoms with Crippen molar-refractivity contribution in [2.24, 2.45) is 7.05 Å². The minimum Gasteiger partial charge on any atom is -0.342 e. The third-order valence-corrected chi connectivity index (χ3v) is 6.45. The summed E-state index contributed by atoms with van der Waals surface area (Å²) in [6.45, 7) is 0.979. The topological polar surface area (TPSA) is 123 Å². The molecular weight excluding hydrogens is 396 g/mol. The number of aromatic nitrogens is 4. The molecule has 29 heavy (non-hydrogen) atoms. The van der Waals surface area contributed by atoms with E-state index in [1.807, 2.05) is 24.3 Å². The van der Waals surface area contributed by atoms with Gasteiger partial charge in [-0.1, -0.05) is 23.4 Å². The van der Waals surface area contributed by atoms with Crippen molar-refractivity contribution in [2.75, 3.05) is 19.3 Å². The van der Waals surface area contributed by atoms with Crippen molar-refractivity contribution in [2.45, 2.75) is 25.3 Å². The molecule has 3 aromatic rings. The van der Waals surface area contributed by atoms with Gasteiger partial charge in [-0.3, -0.25) is 9.48 Å². The van der Waals surface area contributed by atoms with E-state index in [2.05, 4.69) is 20.6 Å². The Bertz CT molecular complexity index is 1140. The number of hydrogen-bond acceptors (Lipinski definition) is 7. The highest BCUT2D eigenvalue weighted by atomic mass is 32.2. The molecule has 0 bridgehead atoms. The molecule has 2 aromatic heterocycles. The summed E-state index contributed by atoms with van der Waals surface area (Å²) in [5.41, 5.74) is 1.22. The summed E-state index contributed by atoms with van der Waals surface area (Å²) >= 11 is 0. The van der Waals surface area contributed by atoms with Gasteiger partial charge in [-0.05, 0) is 18.9 Å². The molecule has 1 saturated heterocycles. The van der Waals surface area contributed by atoms with Crippen LogP contribution in [0.4, 0.5) is 0 Å². The Morgan fingerprint density at radius 3 is 2.72 bits per heavy atom. The van der Waals surface area contributed by atoms with E-state index in [4.69, 9.17) is 4.52 Å². The van der Waals surface area contributed by atoms with Gasteiger partial charge >= 0.3 is 0 Å². The number of piperidine rings is 1. The van der Waals surface area contributed by atoms with Crippen molar-refractivity contribution in [1.29, 1.82) is 0 Å². The summed E-state index contributed by atoms with van der Waals surface area (Å²) in [4.78, 5) is 16.9. The molecule has 1 fully saturated rings. The van der Waals surface area contributed by atoms with Crippen molar-refractivity contribution in [1.82, 2.24) is 29.5 Å². The highest BCUT2D eigenvalue weighted by molar-refractivity contribution is 7.88. The minimum absolute atomic E-state index is 0.0425. The molecule has 1 N–H and O–H groups in total. The van der Waals surface area contributed by atoms with E-state index in [9.17, 15) is 13.2 Å². The number of fused-ring (bicyclic) bond motifs is 1. The van der Waals surface area contributed by atoms with Crippen LogP contribution in [-0.4, -0.2) is 57.9 Å². The number of sulfonamides is 1. The van der Waals surface area contributed by atoms with Crippen LogP contribution in [0.5, 0.6) is 0 Å². The molecule has 11 heteroatoms. The summed E-state index contributed by atoms with van der Waals surface area (Å²) in [6.07, 6.45) is 2.49. The molecule has 0 atom stereocenters. The van der Waals surface area contributed by atoms with Gasteiger partial charge in [-0.15, -0.1) is 0 Å². The number of benzene rings is 1. The maximum absolute atomic E-state index is 12.5. The Labute approximate surface area is 167 Å². The van der Waals surface area contributed by atoms with Gasteiger partial charge in [0.05, 0.1) is 18.3 Å². The number of carbonyl (C=O) groups excluding carboxylic acids is 1. The monoisotopic (exact) mass is 418 g/mol. The third kappa shape index (κ3) is 4.01. The molecule has 10 nitrogen and oxygen atoms in total. The standard InChI is InChI=1S/C18H22N6O4S/c1-23-14-6-4-3-5-13(14)16(21-23)18(25)19-11-15-20-17(22-28-15)12-7-9-24(10-8-12)29(2,26)27/h3-6,12H,7-11H2,1-2H3,(H,19,25). The van der Waals surface area contributed by atoms with E-state index in [-0.39, 0.29) is 18.4 Å². The van der Waals surface area contributed by atoms with Crippen molar-refractivity contribution in [3.8, 4) is 0 Å². The van der Waals surface area contributed by atoms with Gasteiger partial charge in [-0.2, -0.15) is 10.1 Å². The molecular formula is C18H22N6O4S. The first-order chi connectivity index (χ1) is 13.8. The molecule has 3 heterocycles. The first kappa shape index (κ1) is 19.5. The van der Waals surface area contributed by atoms with Gasteiger partial charge in [0.2, 0.25) is 15.9 Å². The second-order valence-corrected chi connectivity index (χ2v) is 9.14. The minimum atomic E-state index is -3.17. The first-order valence-corrected chi connectivity index (χ1v) is 11.2. The van der Waals surface area contributed by atoms with Crippen LogP contribution < -0.4 is 5.32 Å². The lowest BCUT2D eigenvalue weighted by molar-refractivity contribution is 0.0942. The van der Waals surface area contributed by atoms with Crippen LogP contribution in [0.2, 0.25) is 0 Å². The van der Waals surface area contributed by atoms with Crippen LogP contribution >= 0.6 is 0 Å². The molecule has 1 aliphatic heterocycles. The number of amides is 1. The SMILES string of the molecule is Cn1nc(C(=O)NCc2nc(C3CCN(S(C)(=O)=O)CC3)no2)c2ccccc21. The zero-order valence-electron chi connectivity index (χ0n) is 16.2. The lowest BCUT2D eigenvalue weighted by Crippen LogP contribution is -2.37. The molecule has 0 saturated carbocycles. The molecule has 0 spiro atoms. The van der Waals surface area contributed by atoms with Gasteiger partial charge in [-0.25, -0.2) is 12.7 Å². The number of nitrogens with one attached hydrogen (secondary N) is 1. The van der Waals surface area contributed by atoms with Gasteiger partial charge in [0, 0.05) is 31.4 Å². The van der Waals surface area contributed by atoms with Gasteiger partial charge in [0.25, 0.3) is 5.91 Å². The maximum Gasteiger partial charge on any atom is 0.272 e. The van der Waals surface area contributed by atoms with Gasteiger partial charge < -0.3 is 9.84 Å². The second-order valence-electron chi connectivity index (χ2n) is 7.15. The molecule has 1 aromatic carbocycles. The molecule has 1 amide bonds. The second kappa shape index (κ2) is 7.56. The van der Waals surface area contributed by atoms with E-state index in [0.717, 1.165) is 10.9 Å². The van der Waals surface area contributed by atoms with E-state index in [1.54, 1.807) is 11.7 Å². The third-order valence-electron chi connectivity index (χ3n) is 5.14. The fraction of sp³-hybridized carbons (Fsp3) is 0.444. The van der Waals surface area contributed by atoms with Crippen molar-refractivity contribution in [3.63, 3.8) is 0 Å². The lowest BCUT2D eigenvalue weighted by atomic mass is 9.98. The Morgan fingerprint density at radius 2 is 2.00 bits per heavy atom. The summed E-state index contributed by atoms with van der Waals surface area (Å²) < 4.78 is 31.6. The molecule has 0 unspecified atom stereocenters. The van der Waals surface area contributed by atoms with Crippen LogP contribution in [0, 0.1) is 0 Å². The van der Waals surface area contributed by atoms with Crippen molar-refractivity contribution in [3.05, 3.63) is 41.7 Å². The molecule has 1 aliphatic rings. The lowest BCUT2D eigenvalue weighted by Gasteiger charge is -2.28. The quantitative estimate of drug-likeness (QED) is 0.656. The normalized spacial score (nSPS) is 16.3. The number of rotatable bonds is 5. The van der Waals surface area contributed by atoms with Crippen LogP contribution in [0.3, 0.4) is 0 Å². The Hall–Kier alpha value is -2.79. The number of aryl methyl sites for hydroxylation is 1. The smallest absolute Gasteiger partial charge is 0.272 e. The zero-order chi connectivity index (χ0) is 20.6. The fourth-order valence-corrected chi connectivity index (χ4v) is 4.45. The Morgan fingerprint density at radius 1 is 1.28 bits per heavy atom. The molecule has 0 radical (unpaired) electrons. The summed E-state index contributed by atoms with van der Waals surface area (Å²) in [5.74, 6) is 0.578. The summed E-state index contributed by atoms with van der Waals surface area (Å²) in [7, 11) is -1.38. The largest absolute Gasteiger partial charge is 0.342 e. The summed E-state index contributed by atoms with van der Waals surface area (Å²) in [5, 5.41) is 11.8. The van der Waals surface area contributed by atoms with Crippen LogP contribution in [0.25, 0.3) is 10.9 Å². The number of carbonyl (C=O) groups is 1. The molecule has 4 rings (SSSR count). The number of para-hydroxylation sites is 1. The zero-order valence-corrected chi connectivity index (χ0v) is 17.0. The van der Waals surface area contributed by atoms with E-state index in [1.165, 1.54) is 10.6 Å². The van der Waals surface area contributed by atoms with Crippen molar-refractivity contribution < 1.29 is 17.7 Å². The Kier molecular flexibility index (Phi) is 5.09. The van der Waals surface area contributed by atoms with E-state index < -0.39 is 10.0 Å². The predicted octanol–water partition coefficient (Wildman–Crippen LogP) is 1.03. The van der Waals surface area contributed by atoms with Gasteiger partial charge in [0.15, 0.2) is 11.5 Å². The highest BCUT2D eigenvalue weighted by Gasteiger charge is 2.28. The first-order valence-electron chi connectivity index (χ1n) is 9.30. The fourth-order valence-electron chi connectivity index (χ4n) is 3.57. The van der Waals surface area contributed by atoms with Crippen molar-refractivity contribution >= 4 is 26.8 Å². The molecule has 0 aliphatic carbocycles. The highest BCUT2D eigenvalue weighted by Crippen LogP contribution is 2.27. The maximum atomic E-state index is 12.5. The predicted molar refractivity (Wildman–Crippen MR) is 105 cm³/mol. The van der Waals surface area contributed by atoms with Gasteiger partial charge in [0.1, 0.15) is 0 Å². The summed E-state index contributed by atoms with van der Waals surface area (Å²) in [6, 6.07) is 7.51. The van der Waals surface area contributed by atoms with Crippen LogP contribution in [-0.2, 0) is 23.6 Å². The molecule has 154 valence electrons. The van der Waals surface area contributed by atoms with E-state index >= 15 is 0 Å². The Balaban J connectivity index is 1.38. The van der Waals surface area contributed by atoms with Crippen LogP contribution in [0.15, 0.2) is 28.8 Å². The van der Waals surface area contributed by atoms with Crippen LogP contribution in [0.1, 0.15) is 41.0 Å². The van der Waals surface area contributed by atoms with E-state index in [0.29, 0.717) is 43.3 Å². The average molecular weight is 418 g/mol.